The molecular formula is C17H26ClIN4O. The number of nitrogens with one attached hydrogen (secondary N) is 2. The van der Waals surface area contributed by atoms with Crippen LogP contribution in [0.2, 0.25) is 5.02 Å². The van der Waals surface area contributed by atoms with E-state index in [1.54, 1.807) is 31.3 Å². The van der Waals surface area contributed by atoms with Crippen LogP contribution >= 0.6 is 35.6 Å². The van der Waals surface area contributed by atoms with Gasteiger partial charge in [0.25, 0.3) is 5.91 Å². The smallest absolute Gasteiger partial charge is 0.251 e. The van der Waals surface area contributed by atoms with Gasteiger partial charge in [-0.3, -0.25) is 9.79 Å². The van der Waals surface area contributed by atoms with E-state index in [9.17, 15) is 4.79 Å². The summed E-state index contributed by atoms with van der Waals surface area (Å²) in [6.07, 6.45) is 2.40. The largest absolute Gasteiger partial charge is 0.354 e. The van der Waals surface area contributed by atoms with Crippen LogP contribution in [-0.4, -0.2) is 50.0 Å². The van der Waals surface area contributed by atoms with Gasteiger partial charge in [-0.2, -0.15) is 0 Å². The number of carbonyl (C=O) groups is 1. The molecule has 1 aromatic carbocycles. The second-order valence-corrected chi connectivity index (χ2v) is 6.34. The fourth-order valence-electron chi connectivity index (χ4n) is 2.61. The van der Waals surface area contributed by atoms with Gasteiger partial charge >= 0.3 is 0 Å². The van der Waals surface area contributed by atoms with Crippen LogP contribution in [0.4, 0.5) is 0 Å². The van der Waals surface area contributed by atoms with Crippen LogP contribution in [0, 0.1) is 5.92 Å². The Balaban J connectivity index is 0.00000288. The summed E-state index contributed by atoms with van der Waals surface area (Å²) in [6.45, 7) is 5.57. The van der Waals surface area contributed by atoms with Crippen LogP contribution in [-0.2, 0) is 0 Å². The zero-order valence-electron chi connectivity index (χ0n) is 14.2. The third-order valence-electron chi connectivity index (χ3n) is 4.10. The van der Waals surface area contributed by atoms with Gasteiger partial charge in [0.1, 0.15) is 0 Å². The highest BCUT2D eigenvalue weighted by atomic mass is 127. The van der Waals surface area contributed by atoms with E-state index in [2.05, 4.69) is 27.4 Å². The molecule has 1 aliphatic rings. The van der Waals surface area contributed by atoms with E-state index in [-0.39, 0.29) is 29.9 Å². The maximum atomic E-state index is 12.0. The van der Waals surface area contributed by atoms with E-state index < -0.39 is 0 Å². The van der Waals surface area contributed by atoms with Crippen molar-refractivity contribution in [2.75, 3.05) is 33.2 Å². The Kier molecular flexibility index (Phi) is 9.43. The number of hydrogen-bond donors (Lipinski definition) is 2. The first kappa shape index (κ1) is 21.0. The van der Waals surface area contributed by atoms with Crippen molar-refractivity contribution in [3.63, 3.8) is 0 Å². The van der Waals surface area contributed by atoms with Gasteiger partial charge in [-0.25, -0.2) is 0 Å². The molecule has 1 heterocycles. The number of rotatable bonds is 4. The van der Waals surface area contributed by atoms with Gasteiger partial charge in [0.05, 0.1) is 0 Å². The third-order valence-corrected chi connectivity index (χ3v) is 4.35. The zero-order chi connectivity index (χ0) is 16.7. The minimum atomic E-state index is -0.0924. The summed E-state index contributed by atoms with van der Waals surface area (Å²) in [5, 5.41) is 6.83. The number of amides is 1. The molecule has 1 saturated heterocycles. The fraction of sp³-hybridized carbons (Fsp3) is 0.529. The number of halogens is 2. The molecule has 7 heteroatoms. The molecule has 1 fully saturated rings. The second kappa shape index (κ2) is 10.8. The molecule has 0 bridgehead atoms. The Bertz CT molecular complexity index is 542. The Hall–Kier alpha value is -1.02. The minimum Gasteiger partial charge on any atom is -0.354 e. The van der Waals surface area contributed by atoms with Gasteiger partial charge in [-0.1, -0.05) is 18.5 Å². The monoisotopic (exact) mass is 464 g/mol. The number of benzene rings is 1. The quantitative estimate of drug-likeness (QED) is 0.312. The lowest BCUT2D eigenvalue weighted by Gasteiger charge is -2.32. The van der Waals surface area contributed by atoms with Crippen LogP contribution in [0.5, 0.6) is 0 Å². The predicted molar refractivity (Wildman–Crippen MR) is 111 cm³/mol. The van der Waals surface area contributed by atoms with Crippen LogP contribution in [0.25, 0.3) is 0 Å². The number of likely N-dealkylation sites (tertiary alicyclic amines) is 1. The first-order valence-corrected chi connectivity index (χ1v) is 8.47. The van der Waals surface area contributed by atoms with Crippen molar-refractivity contribution in [3.8, 4) is 0 Å². The number of nitrogens with zero attached hydrogens (tertiary/aromatic N) is 2. The number of aliphatic imine (C=N–C) groups is 1. The number of hydrogen-bond acceptors (Lipinski definition) is 2. The van der Waals surface area contributed by atoms with Crippen LogP contribution in [0.3, 0.4) is 0 Å². The Labute approximate surface area is 166 Å². The zero-order valence-corrected chi connectivity index (χ0v) is 17.3. The standard InChI is InChI=1S/C17H25ClN4O.HI/c1-13-7-11-22(12-8-13)17(19-2)21-10-9-20-16(23)14-3-5-15(18)6-4-14;/h3-6,13H,7-12H2,1-2H3,(H,19,21)(H,20,23);1H. The van der Waals surface area contributed by atoms with Gasteiger partial charge < -0.3 is 15.5 Å². The molecule has 0 radical (unpaired) electrons. The van der Waals surface area contributed by atoms with Crippen molar-refractivity contribution >= 4 is 47.4 Å². The highest BCUT2D eigenvalue weighted by Gasteiger charge is 2.18. The van der Waals surface area contributed by atoms with Gasteiger partial charge in [0.2, 0.25) is 0 Å². The molecule has 24 heavy (non-hydrogen) atoms. The number of carbonyl (C=O) groups excluding carboxylic acids is 1. The second-order valence-electron chi connectivity index (χ2n) is 5.91. The summed E-state index contributed by atoms with van der Waals surface area (Å²) in [5.41, 5.74) is 0.615. The van der Waals surface area contributed by atoms with Gasteiger partial charge in [-0.15, -0.1) is 24.0 Å². The van der Waals surface area contributed by atoms with Crippen molar-refractivity contribution in [3.05, 3.63) is 34.9 Å². The highest BCUT2D eigenvalue weighted by Crippen LogP contribution is 2.15. The normalized spacial score (nSPS) is 15.6. The molecular weight excluding hydrogens is 439 g/mol. The van der Waals surface area contributed by atoms with E-state index in [4.69, 9.17) is 11.6 Å². The molecule has 0 spiro atoms. The van der Waals surface area contributed by atoms with Crippen molar-refractivity contribution in [1.29, 1.82) is 0 Å². The van der Waals surface area contributed by atoms with E-state index in [1.165, 1.54) is 12.8 Å². The SMILES string of the molecule is CN=C(NCCNC(=O)c1ccc(Cl)cc1)N1CCC(C)CC1.I. The maximum Gasteiger partial charge on any atom is 0.251 e. The molecule has 2 N–H and O–H groups in total. The van der Waals surface area contributed by atoms with E-state index in [0.717, 1.165) is 25.0 Å². The molecule has 1 aliphatic heterocycles. The van der Waals surface area contributed by atoms with E-state index in [1.807, 2.05) is 0 Å². The van der Waals surface area contributed by atoms with Gasteiger partial charge in [0.15, 0.2) is 5.96 Å². The van der Waals surface area contributed by atoms with Crippen LogP contribution in [0.1, 0.15) is 30.1 Å². The molecule has 0 saturated carbocycles. The summed E-state index contributed by atoms with van der Waals surface area (Å²) < 4.78 is 0. The number of piperidine rings is 1. The number of guanidine groups is 1. The molecule has 0 unspecified atom stereocenters. The lowest BCUT2D eigenvalue weighted by Crippen LogP contribution is -2.47. The first-order chi connectivity index (χ1) is 11.1. The van der Waals surface area contributed by atoms with Crippen molar-refractivity contribution in [1.82, 2.24) is 15.5 Å². The average Bonchev–Trinajstić information content (AvgIpc) is 2.56. The lowest BCUT2D eigenvalue weighted by atomic mass is 10.00. The van der Waals surface area contributed by atoms with E-state index >= 15 is 0 Å². The maximum absolute atomic E-state index is 12.0. The Morgan fingerprint density at radius 3 is 2.38 bits per heavy atom. The molecule has 1 amide bonds. The highest BCUT2D eigenvalue weighted by molar-refractivity contribution is 14.0. The molecule has 1 aromatic rings. The van der Waals surface area contributed by atoms with Crippen molar-refractivity contribution in [2.45, 2.75) is 19.8 Å². The van der Waals surface area contributed by atoms with Gasteiger partial charge in [0, 0.05) is 43.8 Å². The first-order valence-electron chi connectivity index (χ1n) is 8.09. The summed E-state index contributed by atoms with van der Waals surface area (Å²) in [4.78, 5) is 18.6. The average molecular weight is 465 g/mol. The molecule has 0 aromatic heterocycles. The van der Waals surface area contributed by atoms with E-state index in [0.29, 0.717) is 23.7 Å². The topological polar surface area (TPSA) is 56.7 Å². The summed E-state index contributed by atoms with van der Waals surface area (Å²) in [6, 6.07) is 6.87. The summed E-state index contributed by atoms with van der Waals surface area (Å²) in [5.74, 6) is 1.62. The fourth-order valence-corrected chi connectivity index (χ4v) is 2.73. The Morgan fingerprint density at radius 1 is 1.21 bits per heavy atom. The van der Waals surface area contributed by atoms with Crippen LogP contribution < -0.4 is 10.6 Å². The summed E-state index contributed by atoms with van der Waals surface area (Å²) in [7, 11) is 1.80. The van der Waals surface area contributed by atoms with Crippen LogP contribution in [0.15, 0.2) is 29.3 Å². The molecule has 0 atom stereocenters. The van der Waals surface area contributed by atoms with Gasteiger partial charge in [-0.05, 0) is 43.0 Å². The third kappa shape index (κ3) is 6.47. The molecule has 134 valence electrons. The lowest BCUT2D eigenvalue weighted by molar-refractivity contribution is 0.0954. The molecule has 5 nitrogen and oxygen atoms in total. The molecule has 2 rings (SSSR count). The Morgan fingerprint density at radius 2 is 1.79 bits per heavy atom. The molecule has 0 aliphatic carbocycles. The summed E-state index contributed by atoms with van der Waals surface area (Å²) >= 11 is 5.82. The van der Waals surface area contributed by atoms with Crippen molar-refractivity contribution in [2.24, 2.45) is 10.9 Å². The van der Waals surface area contributed by atoms with Crippen molar-refractivity contribution < 1.29 is 4.79 Å². The predicted octanol–water partition coefficient (Wildman–Crippen LogP) is 3.00. The minimum absolute atomic E-state index is 0.